The molecule has 6 aromatic rings. The number of fused-ring (bicyclic) bond motifs is 2. The molecule has 0 spiro atoms. The third kappa shape index (κ3) is 6.22. The second-order valence-electron chi connectivity index (χ2n) is 12.9. The molecule has 248 valence electrons. The van der Waals surface area contributed by atoms with Gasteiger partial charge < -0.3 is 9.64 Å². The van der Waals surface area contributed by atoms with Gasteiger partial charge in [-0.15, -0.1) is 45.3 Å². The van der Waals surface area contributed by atoms with Gasteiger partial charge in [0.2, 0.25) is 0 Å². The molecule has 1 aliphatic carbocycles. The molecule has 5 heterocycles. The molecule has 51 heavy (non-hydrogen) atoms. The maximum absolute atomic E-state index is 9.96. The number of rotatable bonds is 8. The summed E-state index contributed by atoms with van der Waals surface area (Å²) in [6, 6.07) is 32.5. The van der Waals surface area contributed by atoms with E-state index in [2.05, 4.69) is 113 Å². The molecule has 8 rings (SSSR count). The molecular formula is C42H30N4OS4. The Morgan fingerprint density at radius 1 is 0.824 bits per heavy atom. The highest BCUT2D eigenvalue weighted by Gasteiger charge is 2.39. The minimum Gasteiger partial charge on any atom is -0.480 e. The predicted molar refractivity (Wildman–Crippen MR) is 212 cm³/mol. The molecule has 9 heteroatoms. The highest BCUT2D eigenvalue weighted by atomic mass is 32.1. The van der Waals surface area contributed by atoms with Gasteiger partial charge in [0.05, 0.1) is 5.57 Å². The molecule has 5 nitrogen and oxygen atoms in total. The molecule has 0 saturated carbocycles. The van der Waals surface area contributed by atoms with E-state index in [0.29, 0.717) is 24.3 Å². The molecule has 1 aliphatic heterocycles. The van der Waals surface area contributed by atoms with Crippen molar-refractivity contribution in [1.82, 2.24) is 0 Å². The minimum atomic E-state index is -0.780. The maximum Gasteiger partial charge on any atom is 0.172 e. The van der Waals surface area contributed by atoms with Crippen LogP contribution >= 0.6 is 45.3 Å². The topological polar surface area (TPSA) is 83.8 Å². The predicted octanol–water partition coefficient (Wildman–Crippen LogP) is 12.5. The number of hydrogen-bond acceptors (Lipinski definition) is 9. The van der Waals surface area contributed by atoms with Crippen LogP contribution in [0, 0.1) is 34.0 Å². The Labute approximate surface area is 312 Å². The molecule has 1 unspecified atom stereocenters. The second-order valence-corrected chi connectivity index (χ2v) is 17.0. The van der Waals surface area contributed by atoms with Crippen LogP contribution in [0.25, 0.3) is 29.2 Å². The van der Waals surface area contributed by atoms with Gasteiger partial charge >= 0.3 is 0 Å². The molecule has 1 atom stereocenters. The lowest BCUT2D eigenvalue weighted by atomic mass is 9.90. The first-order chi connectivity index (χ1) is 24.8. The van der Waals surface area contributed by atoms with Gasteiger partial charge in [0.25, 0.3) is 0 Å². The van der Waals surface area contributed by atoms with Crippen molar-refractivity contribution in [1.29, 1.82) is 15.8 Å². The van der Waals surface area contributed by atoms with Gasteiger partial charge in [-0.05, 0) is 115 Å². The van der Waals surface area contributed by atoms with Crippen LogP contribution in [0.2, 0.25) is 0 Å². The first kappa shape index (κ1) is 33.0. The number of hydrogen-bond donors (Lipinski definition) is 0. The van der Waals surface area contributed by atoms with Crippen LogP contribution < -0.4 is 4.90 Å². The van der Waals surface area contributed by atoms with E-state index in [9.17, 15) is 15.8 Å². The summed E-state index contributed by atoms with van der Waals surface area (Å²) in [4.78, 5) is 5.01. The van der Waals surface area contributed by atoms with E-state index in [1.807, 2.05) is 48.7 Å². The molecule has 0 N–H and O–H groups in total. The van der Waals surface area contributed by atoms with E-state index in [1.54, 1.807) is 22.7 Å². The van der Waals surface area contributed by atoms with E-state index in [1.165, 1.54) is 34.1 Å². The SMILES string of the molecule is CC1(C)OC(=C(C#N)C#N)C(C#N)=C1CCc1ccc(N(C2=CCC(c3cc4sccc4s3)C=C2)c2ccc(-c3cc4sccc4s3)cc2)cc1. The number of nitriles is 3. The monoisotopic (exact) mass is 734 g/mol. The van der Waals surface area contributed by atoms with E-state index in [4.69, 9.17) is 4.74 Å². The van der Waals surface area contributed by atoms with Crippen molar-refractivity contribution in [3.8, 4) is 28.6 Å². The maximum atomic E-state index is 9.96. The highest BCUT2D eigenvalue weighted by molar-refractivity contribution is 7.29. The zero-order valence-electron chi connectivity index (χ0n) is 27.8. The highest BCUT2D eigenvalue weighted by Crippen LogP contribution is 2.43. The summed E-state index contributed by atoms with van der Waals surface area (Å²) in [7, 11) is 0. The fraction of sp³-hybridized carbons (Fsp3) is 0.167. The first-order valence-electron chi connectivity index (χ1n) is 16.5. The normalized spacial score (nSPS) is 16.5. The number of anilines is 2. The van der Waals surface area contributed by atoms with Gasteiger partial charge in [-0.2, -0.15) is 15.8 Å². The quantitative estimate of drug-likeness (QED) is 0.145. The number of aryl methyl sites for hydroxylation is 1. The number of allylic oxidation sites excluding steroid dienone is 5. The third-order valence-corrected chi connectivity index (χ3v) is 13.8. The number of thiophene rings is 4. The lowest BCUT2D eigenvalue weighted by Gasteiger charge is -2.29. The van der Waals surface area contributed by atoms with Crippen LogP contribution in [0.15, 0.2) is 130 Å². The van der Waals surface area contributed by atoms with Crippen molar-refractivity contribution >= 4 is 75.5 Å². The van der Waals surface area contributed by atoms with E-state index >= 15 is 0 Å². The van der Waals surface area contributed by atoms with Gasteiger partial charge in [-0.1, -0.05) is 36.4 Å². The zero-order chi connectivity index (χ0) is 35.1. The number of nitrogens with zero attached hydrogens (tertiary/aromatic N) is 4. The van der Waals surface area contributed by atoms with Crippen LogP contribution in [0.4, 0.5) is 11.4 Å². The Bertz CT molecular complexity index is 2480. The van der Waals surface area contributed by atoms with E-state index < -0.39 is 5.60 Å². The second kappa shape index (κ2) is 13.5. The fourth-order valence-corrected chi connectivity index (χ4v) is 11.1. The Hall–Kier alpha value is -5.21. The summed E-state index contributed by atoms with van der Waals surface area (Å²) >= 11 is 7.31. The largest absolute Gasteiger partial charge is 0.480 e. The van der Waals surface area contributed by atoms with Gasteiger partial charge in [-0.3, -0.25) is 0 Å². The molecule has 2 aliphatic rings. The summed E-state index contributed by atoms with van der Waals surface area (Å²) in [6.45, 7) is 3.76. The average Bonchev–Trinajstić information content (AvgIpc) is 3.96. The fourth-order valence-electron chi connectivity index (χ4n) is 6.82. The van der Waals surface area contributed by atoms with Crippen LogP contribution in [0.3, 0.4) is 0 Å². The lowest BCUT2D eigenvalue weighted by molar-refractivity contribution is 0.0901. The molecule has 0 radical (unpaired) electrons. The van der Waals surface area contributed by atoms with Crippen molar-refractivity contribution in [3.63, 3.8) is 0 Å². The van der Waals surface area contributed by atoms with Crippen LogP contribution in [-0.2, 0) is 11.2 Å². The number of benzene rings is 2. The van der Waals surface area contributed by atoms with Crippen molar-refractivity contribution in [2.24, 2.45) is 0 Å². The van der Waals surface area contributed by atoms with Crippen LogP contribution in [0.5, 0.6) is 0 Å². The molecule has 0 bridgehead atoms. The summed E-state index contributed by atoms with van der Waals surface area (Å²) < 4.78 is 11.4. The number of ether oxygens (including phenoxy) is 1. The molecule has 4 aromatic heterocycles. The van der Waals surface area contributed by atoms with Crippen molar-refractivity contribution in [2.45, 2.75) is 44.6 Å². The van der Waals surface area contributed by atoms with Crippen LogP contribution in [0.1, 0.15) is 43.0 Å². The van der Waals surface area contributed by atoms with E-state index in [0.717, 1.165) is 34.6 Å². The van der Waals surface area contributed by atoms with Gasteiger partial charge in [0.15, 0.2) is 11.3 Å². The van der Waals surface area contributed by atoms with E-state index in [-0.39, 0.29) is 11.3 Å². The lowest BCUT2D eigenvalue weighted by Crippen LogP contribution is -2.22. The Balaban J connectivity index is 1.08. The summed E-state index contributed by atoms with van der Waals surface area (Å²) in [6.07, 6.45) is 9.15. The van der Waals surface area contributed by atoms with Crippen molar-refractivity contribution in [3.05, 3.63) is 140 Å². The third-order valence-electron chi connectivity index (χ3n) is 9.45. The smallest absolute Gasteiger partial charge is 0.172 e. The standard InChI is InChI=1S/C42H30N4OS4/c1-42(2)34(33(25-45)41(47-42)29(23-43)24-44)16-5-26-3-10-30(11-4-26)46(31-12-6-27(7-13-31)37-21-39-35(50-37)17-19-48-39)32-14-8-28(9-15-32)38-22-40-36(51-38)18-20-49-40/h3-4,6-8,10-15,17-22,28H,5,9,16H2,1-2H3. The van der Waals surface area contributed by atoms with Gasteiger partial charge in [0, 0.05) is 51.5 Å². The molecule has 0 fully saturated rings. The average molecular weight is 735 g/mol. The first-order valence-corrected chi connectivity index (χ1v) is 19.9. The van der Waals surface area contributed by atoms with Gasteiger partial charge in [0.1, 0.15) is 23.8 Å². The molecule has 2 aromatic carbocycles. The Morgan fingerprint density at radius 3 is 2.10 bits per heavy atom. The Morgan fingerprint density at radius 2 is 1.49 bits per heavy atom. The van der Waals surface area contributed by atoms with Crippen molar-refractivity contribution in [2.75, 3.05) is 4.90 Å². The minimum absolute atomic E-state index is 0.0911. The Kier molecular flexibility index (Phi) is 8.72. The summed E-state index contributed by atoms with van der Waals surface area (Å²) in [5, 5.41) is 33.1. The van der Waals surface area contributed by atoms with Gasteiger partial charge in [-0.25, -0.2) is 0 Å². The molecule has 0 amide bonds. The summed E-state index contributed by atoms with van der Waals surface area (Å²) in [5.41, 5.74) is 5.78. The van der Waals surface area contributed by atoms with Crippen molar-refractivity contribution < 1.29 is 4.74 Å². The summed E-state index contributed by atoms with van der Waals surface area (Å²) in [5.74, 6) is 0.454. The van der Waals surface area contributed by atoms with Crippen LogP contribution in [-0.4, -0.2) is 5.60 Å². The molecular weight excluding hydrogens is 705 g/mol. The molecule has 0 saturated heterocycles. The zero-order valence-corrected chi connectivity index (χ0v) is 31.1.